The molecule has 3 aliphatic rings. The minimum absolute atomic E-state index is 0.120. The highest BCUT2D eigenvalue weighted by Crippen LogP contribution is 2.36. The molecule has 1 saturated carbocycles. The normalized spacial score (nSPS) is 29.3. The van der Waals surface area contributed by atoms with E-state index in [1.165, 1.54) is 19.3 Å². The largest absolute Gasteiger partial charge is 0.378 e. The molecule has 3 heterocycles. The van der Waals surface area contributed by atoms with E-state index in [4.69, 9.17) is 14.2 Å². The molecule has 1 aromatic heterocycles. The molecular formula is C21H36N4O3. The highest BCUT2D eigenvalue weighted by molar-refractivity contribution is 5.33. The van der Waals surface area contributed by atoms with E-state index in [9.17, 15) is 0 Å². The van der Waals surface area contributed by atoms with Crippen LogP contribution in [0.15, 0.2) is 0 Å². The fourth-order valence-electron chi connectivity index (χ4n) is 4.66. The van der Waals surface area contributed by atoms with Crippen molar-refractivity contribution in [2.45, 2.75) is 96.2 Å². The van der Waals surface area contributed by atoms with Crippen molar-refractivity contribution in [3.63, 3.8) is 0 Å². The Balaban J connectivity index is 1.50. The minimum Gasteiger partial charge on any atom is -0.378 e. The minimum atomic E-state index is -0.475. The summed E-state index contributed by atoms with van der Waals surface area (Å²) in [6.45, 7) is 10.4. The zero-order valence-electron chi connectivity index (χ0n) is 17.7. The molecule has 0 aromatic carbocycles. The average molecular weight is 393 g/mol. The van der Waals surface area contributed by atoms with Gasteiger partial charge in [0.2, 0.25) is 5.95 Å². The first-order valence-electron chi connectivity index (χ1n) is 11.2. The van der Waals surface area contributed by atoms with E-state index in [-0.39, 0.29) is 6.10 Å². The molecule has 4 rings (SSSR count). The number of nitrogens with zero attached hydrogens (tertiary/aromatic N) is 4. The summed E-state index contributed by atoms with van der Waals surface area (Å²) >= 11 is 0. The molecule has 0 N–H and O–H groups in total. The van der Waals surface area contributed by atoms with Crippen LogP contribution in [0.1, 0.15) is 71.5 Å². The summed E-state index contributed by atoms with van der Waals surface area (Å²) in [5.41, 5.74) is -0.475. The van der Waals surface area contributed by atoms with Crippen molar-refractivity contribution in [3.8, 4) is 0 Å². The van der Waals surface area contributed by atoms with Crippen LogP contribution < -0.4 is 4.90 Å². The Morgan fingerprint density at radius 1 is 1.11 bits per heavy atom. The van der Waals surface area contributed by atoms with Crippen molar-refractivity contribution in [1.82, 2.24) is 14.8 Å². The van der Waals surface area contributed by atoms with E-state index >= 15 is 0 Å². The topological polar surface area (TPSA) is 61.6 Å². The molecule has 0 radical (unpaired) electrons. The van der Waals surface area contributed by atoms with Gasteiger partial charge in [0.1, 0.15) is 0 Å². The van der Waals surface area contributed by atoms with Gasteiger partial charge in [0.15, 0.2) is 11.4 Å². The van der Waals surface area contributed by atoms with Gasteiger partial charge in [0.25, 0.3) is 0 Å². The van der Waals surface area contributed by atoms with Gasteiger partial charge in [-0.3, -0.25) is 4.57 Å². The fraction of sp³-hybridized carbons (Fsp3) is 0.905. The van der Waals surface area contributed by atoms with E-state index in [1.807, 2.05) is 0 Å². The standard InChI is InChI=1S/C21H36N4O3/c1-4-25-19(21(28-16(2)3)11-14-26-15-21)22-23-20(25)24-12-6-9-18(10-13-24)27-17-7-5-8-17/h16-18H,4-15H2,1-3H3. The van der Waals surface area contributed by atoms with Crippen molar-refractivity contribution in [1.29, 1.82) is 0 Å². The lowest BCUT2D eigenvalue weighted by Crippen LogP contribution is -2.37. The van der Waals surface area contributed by atoms with Crippen molar-refractivity contribution in [3.05, 3.63) is 5.82 Å². The fourth-order valence-corrected chi connectivity index (χ4v) is 4.66. The first kappa shape index (κ1) is 20.1. The van der Waals surface area contributed by atoms with E-state index in [1.54, 1.807) is 0 Å². The van der Waals surface area contributed by atoms with Gasteiger partial charge in [-0.15, -0.1) is 10.2 Å². The SMILES string of the molecule is CCn1c(N2CCCC(OC3CCC3)CC2)nnc1C1(OC(C)C)CCOC1. The van der Waals surface area contributed by atoms with Crippen molar-refractivity contribution in [2.24, 2.45) is 0 Å². The smallest absolute Gasteiger partial charge is 0.227 e. The molecule has 0 spiro atoms. The maximum atomic E-state index is 6.35. The van der Waals surface area contributed by atoms with Crippen LogP contribution >= 0.6 is 0 Å². The third kappa shape index (κ3) is 4.07. The summed E-state index contributed by atoms with van der Waals surface area (Å²) < 4.78 is 20.6. The van der Waals surface area contributed by atoms with Gasteiger partial charge in [-0.05, 0) is 59.3 Å². The lowest BCUT2D eigenvalue weighted by atomic mass is 9.95. The number of hydrogen-bond donors (Lipinski definition) is 0. The Labute approximate surface area is 168 Å². The summed E-state index contributed by atoms with van der Waals surface area (Å²) in [7, 11) is 0. The molecule has 2 saturated heterocycles. The van der Waals surface area contributed by atoms with Crippen LogP contribution in [-0.4, -0.2) is 59.4 Å². The van der Waals surface area contributed by atoms with Crippen LogP contribution in [0.4, 0.5) is 5.95 Å². The highest BCUT2D eigenvalue weighted by atomic mass is 16.6. The highest BCUT2D eigenvalue weighted by Gasteiger charge is 2.44. The van der Waals surface area contributed by atoms with Crippen molar-refractivity contribution < 1.29 is 14.2 Å². The Morgan fingerprint density at radius 2 is 1.89 bits per heavy atom. The molecule has 0 bridgehead atoms. The van der Waals surface area contributed by atoms with Crippen LogP contribution in [0.5, 0.6) is 0 Å². The number of rotatable bonds is 7. The van der Waals surface area contributed by atoms with Gasteiger partial charge in [0, 0.05) is 26.1 Å². The van der Waals surface area contributed by atoms with Gasteiger partial charge < -0.3 is 19.1 Å². The number of aromatic nitrogens is 3. The molecule has 28 heavy (non-hydrogen) atoms. The number of ether oxygens (including phenoxy) is 3. The van der Waals surface area contributed by atoms with E-state index in [2.05, 4.69) is 40.4 Å². The monoisotopic (exact) mass is 392 g/mol. The summed E-state index contributed by atoms with van der Waals surface area (Å²) in [5.74, 6) is 1.89. The predicted octanol–water partition coefficient (Wildman–Crippen LogP) is 3.27. The van der Waals surface area contributed by atoms with E-state index < -0.39 is 5.60 Å². The molecule has 7 nitrogen and oxygen atoms in total. The first-order valence-corrected chi connectivity index (χ1v) is 11.2. The molecule has 3 fully saturated rings. The van der Waals surface area contributed by atoms with E-state index in [0.717, 1.165) is 57.1 Å². The van der Waals surface area contributed by atoms with Gasteiger partial charge in [0.05, 0.1) is 31.5 Å². The van der Waals surface area contributed by atoms with Gasteiger partial charge >= 0.3 is 0 Å². The molecule has 1 aromatic rings. The maximum Gasteiger partial charge on any atom is 0.227 e. The molecule has 2 atom stereocenters. The molecule has 0 amide bonds. The molecule has 2 unspecified atom stereocenters. The van der Waals surface area contributed by atoms with Gasteiger partial charge in [-0.25, -0.2) is 0 Å². The Hall–Kier alpha value is -1.18. The molecule has 1 aliphatic carbocycles. The summed E-state index contributed by atoms with van der Waals surface area (Å²) in [4.78, 5) is 2.39. The predicted molar refractivity (Wildman–Crippen MR) is 108 cm³/mol. The Morgan fingerprint density at radius 3 is 2.54 bits per heavy atom. The Bertz CT molecular complexity index is 638. The zero-order chi connectivity index (χ0) is 19.6. The average Bonchev–Trinajstić information content (AvgIpc) is 3.20. The van der Waals surface area contributed by atoms with E-state index in [0.29, 0.717) is 25.4 Å². The lowest BCUT2D eigenvalue weighted by molar-refractivity contribution is -0.0944. The van der Waals surface area contributed by atoms with Crippen LogP contribution in [0, 0.1) is 0 Å². The quantitative estimate of drug-likeness (QED) is 0.710. The zero-order valence-corrected chi connectivity index (χ0v) is 17.7. The van der Waals surface area contributed by atoms with Crippen LogP contribution in [0.2, 0.25) is 0 Å². The summed E-state index contributed by atoms with van der Waals surface area (Å²) in [5, 5.41) is 9.25. The molecule has 2 aliphatic heterocycles. The second-order valence-electron chi connectivity index (χ2n) is 8.76. The summed E-state index contributed by atoms with van der Waals surface area (Å²) in [6.07, 6.45) is 9.03. The first-order chi connectivity index (χ1) is 13.6. The molecular weight excluding hydrogens is 356 g/mol. The summed E-state index contributed by atoms with van der Waals surface area (Å²) in [6, 6.07) is 0. The van der Waals surface area contributed by atoms with Gasteiger partial charge in [-0.1, -0.05) is 0 Å². The lowest BCUT2D eigenvalue weighted by Gasteiger charge is -2.31. The maximum absolute atomic E-state index is 6.35. The van der Waals surface area contributed by atoms with Crippen LogP contribution in [0.3, 0.4) is 0 Å². The second-order valence-corrected chi connectivity index (χ2v) is 8.76. The van der Waals surface area contributed by atoms with Crippen molar-refractivity contribution in [2.75, 3.05) is 31.2 Å². The molecule has 7 heteroatoms. The third-order valence-corrected chi connectivity index (χ3v) is 6.30. The second kappa shape index (κ2) is 8.67. The van der Waals surface area contributed by atoms with Gasteiger partial charge in [-0.2, -0.15) is 0 Å². The van der Waals surface area contributed by atoms with Crippen molar-refractivity contribution >= 4 is 5.95 Å². The molecule has 158 valence electrons. The third-order valence-electron chi connectivity index (χ3n) is 6.30. The van der Waals surface area contributed by atoms with Crippen LogP contribution in [0.25, 0.3) is 0 Å². The van der Waals surface area contributed by atoms with Crippen LogP contribution in [-0.2, 0) is 26.4 Å². The number of anilines is 1. The number of hydrogen-bond acceptors (Lipinski definition) is 6. The Kier molecular flexibility index (Phi) is 6.23.